The molecule has 1 atom stereocenters. The van der Waals surface area contributed by atoms with Crippen LogP contribution >= 0.6 is 0 Å². The van der Waals surface area contributed by atoms with Gasteiger partial charge in [0.1, 0.15) is 6.10 Å². The maximum Gasteiger partial charge on any atom is 0.137 e. The Kier molecular flexibility index (Phi) is 6.19. The van der Waals surface area contributed by atoms with Gasteiger partial charge in [-0.2, -0.15) is 0 Å². The summed E-state index contributed by atoms with van der Waals surface area (Å²) in [5.41, 5.74) is 0. The average molecular weight is 144 g/mol. The second kappa shape index (κ2) is 6.56. The van der Waals surface area contributed by atoms with E-state index < -0.39 is 6.10 Å². The number of hydrogen-bond acceptors (Lipinski definition) is 3. The summed E-state index contributed by atoms with van der Waals surface area (Å²) in [6, 6.07) is 0. The Morgan fingerprint density at radius 1 is 1.60 bits per heavy atom. The van der Waals surface area contributed by atoms with Crippen molar-refractivity contribution >= 4 is 0 Å². The molecule has 0 amide bonds. The van der Waals surface area contributed by atoms with Gasteiger partial charge in [-0.25, -0.2) is 0 Å². The van der Waals surface area contributed by atoms with Crippen LogP contribution in [-0.4, -0.2) is 36.1 Å². The summed E-state index contributed by atoms with van der Waals surface area (Å²) in [4.78, 5) is 0. The molecule has 0 heterocycles. The maximum absolute atomic E-state index is 8.90. The molecule has 0 aliphatic rings. The highest BCUT2D eigenvalue weighted by molar-refractivity contribution is 5.01. The number of rotatable bonds is 4. The summed E-state index contributed by atoms with van der Waals surface area (Å²) in [7, 11) is 0. The molecule has 0 spiro atoms. The number of aliphatic hydroxyl groups excluding tert-OH is 2. The van der Waals surface area contributed by atoms with E-state index >= 15 is 0 Å². The molecule has 0 aliphatic carbocycles. The van der Waals surface area contributed by atoms with Crippen LogP contribution in [0.3, 0.4) is 0 Å². The molecule has 0 saturated heterocycles. The summed E-state index contributed by atoms with van der Waals surface area (Å²) in [6.07, 6.45) is -0.725. The molecule has 0 bridgehead atoms. The van der Waals surface area contributed by atoms with Crippen molar-refractivity contribution in [3.8, 4) is 11.8 Å². The van der Waals surface area contributed by atoms with Gasteiger partial charge in [-0.05, 0) is 6.92 Å². The van der Waals surface area contributed by atoms with Gasteiger partial charge in [0.25, 0.3) is 0 Å². The molecule has 0 aromatic carbocycles. The lowest BCUT2D eigenvalue weighted by Crippen LogP contribution is -2.14. The number of ether oxygens (including phenoxy) is 1. The molecule has 0 rings (SSSR count). The number of hydrogen-bond donors (Lipinski definition) is 2. The Hall–Kier alpha value is -0.560. The van der Waals surface area contributed by atoms with Crippen LogP contribution in [-0.2, 0) is 4.74 Å². The largest absolute Gasteiger partial charge is 0.394 e. The van der Waals surface area contributed by atoms with Crippen molar-refractivity contribution in [1.82, 2.24) is 0 Å². The van der Waals surface area contributed by atoms with Gasteiger partial charge < -0.3 is 14.9 Å². The van der Waals surface area contributed by atoms with Gasteiger partial charge in [0.2, 0.25) is 0 Å². The van der Waals surface area contributed by atoms with Crippen LogP contribution in [0.5, 0.6) is 0 Å². The molecule has 2 N–H and O–H groups in total. The predicted molar refractivity (Wildman–Crippen MR) is 37.4 cm³/mol. The van der Waals surface area contributed by atoms with Crippen molar-refractivity contribution < 1.29 is 14.9 Å². The third-order valence-electron chi connectivity index (χ3n) is 0.822. The van der Waals surface area contributed by atoms with Crippen LogP contribution in [0.25, 0.3) is 0 Å². The Labute approximate surface area is 60.6 Å². The van der Waals surface area contributed by atoms with Gasteiger partial charge in [0.05, 0.1) is 19.8 Å². The van der Waals surface area contributed by atoms with Crippen molar-refractivity contribution in [1.29, 1.82) is 0 Å². The molecule has 0 aliphatic heterocycles. The van der Waals surface area contributed by atoms with E-state index in [0.717, 1.165) is 0 Å². The molecule has 0 saturated carbocycles. The van der Waals surface area contributed by atoms with Gasteiger partial charge in [0.15, 0.2) is 0 Å². The second-order valence-electron chi connectivity index (χ2n) is 1.71. The maximum atomic E-state index is 8.90. The first-order chi connectivity index (χ1) is 4.81. The van der Waals surface area contributed by atoms with Gasteiger partial charge in [-0.15, -0.1) is 5.92 Å². The smallest absolute Gasteiger partial charge is 0.137 e. The van der Waals surface area contributed by atoms with Gasteiger partial charge in [-0.1, -0.05) is 5.92 Å². The first-order valence-electron chi connectivity index (χ1n) is 3.10. The molecule has 1 unspecified atom stereocenters. The lowest BCUT2D eigenvalue weighted by Gasteiger charge is -2.02. The van der Waals surface area contributed by atoms with Crippen LogP contribution in [0.1, 0.15) is 6.92 Å². The van der Waals surface area contributed by atoms with E-state index in [0.29, 0.717) is 0 Å². The molecule has 0 aromatic rings. The molecular formula is C7H12O3. The molecule has 0 radical (unpaired) electrons. The fourth-order valence-electron chi connectivity index (χ4n) is 0.468. The van der Waals surface area contributed by atoms with Crippen molar-refractivity contribution in [2.75, 3.05) is 19.8 Å². The minimum atomic E-state index is -0.725. The van der Waals surface area contributed by atoms with E-state index in [1.807, 2.05) is 0 Å². The topological polar surface area (TPSA) is 49.7 Å². The van der Waals surface area contributed by atoms with E-state index in [9.17, 15) is 0 Å². The van der Waals surface area contributed by atoms with Crippen LogP contribution in [0, 0.1) is 11.8 Å². The molecule has 10 heavy (non-hydrogen) atoms. The lowest BCUT2D eigenvalue weighted by molar-refractivity contribution is 0.0433. The summed E-state index contributed by atoms with van der Waals surface area (Å²) < 4.78 is 4.79. The monoisotopic (exact) mass is 144 g/mol. The normalized spacial score (nSPS) is 11.9. The minimum Gasteiger partial charge on any atom is -0.394 e. The summed E-state index contributed by atoms with van der Waals surface area (Å²) >= 11 is 0. The van der Waals surface area contributed by atoms with Crippen molar-refractivity contribution in [2.45, 2.75) is 13.0 Å². The van der Waals surface area contributed by atoms with Crippen LogP contribution in [0.4, 0.5) is 0 Å². The van der Waals surface area contributed by atoms with E-state index in [1.165, 1.54) is 0 Å². The average Bonchev–Trinajstić information content (AvgIpc) is 1.89. The highest BCUT2D eigenvalue weighted by atomic mass is 16.5. The fourth-order valence-corrected chi connectivity index (χ4v) is 0.468. The Morgan fingerprint density at radius 3 is 2.80 bits per heavy atom. The zero-order valence-corrected chi connectivity index (χ0v) is 6.00. The number of aliphatic hydroxyl groups is 2. The first-order valence-corrected chi connectivity index (χ1v) is 3.10. The fraction of sp³-hybridized carbons (Fsp3) is 0.714. The van der Waals surface area contributed by atoms with E-state index in [2.05, 4.69) is 11.8 Å². The van der Waals surface area contributed by atoms with Crippen LogP contribution in [0.15, 0.2) is 0 Å². The molecule has 3 heteroatoms. The SMILES string of the molecule is CC#CC(O)COCCO. The van der Waals surface area contributed by atoms with Crippen molar-refractivity contribution in [2.24, 2.45) is 0 Å². The molecule has 3 nitrogen and oxygen atoms in total. The summed E-state index contributed by atoms with van der Waals surface area (Å²) in [6.45, 7) is 2.05. The Balaban J connectivity index is 3.18. The quantitative estimate of drug-likeness (QED) is 0.408. The summed E-state index contributed by atoms with van der Waals surface area (Å²) in [5.74, 6) is 5.06. The van der Waals surface area contributed by atoms with Crippen molar-refractivity contribution in [3.05, 3.63) is 0 Å². The van der Waals surface area contributed by atoms with Gasteiger partial charge >= 0.3 is 0 Å². The lowest BCUT2D eigenvalue weighted by atomic mass is 10.4. The van der Waals surface area contributed by atoms with Gasteiger partial charge in [0, 0.05) is 0 Å². The van der Waals surface area contributed by atoms with E-state index in [4.69, 9.17) is 14.9 Å². The Bertz CT molecular complexity index is 123. The zero-order chi connectivity index (χ0) is 7.82. The third-order valence-corrected chi connectivity index (χ3v) is 0.822. The zero-order valence-electron chi connectivity index (χ0n) is 6.00. The van der Waals surface area contributed by atoms with Gasteiger partial charge in [-0.3, -0.25) is 0 Å². The molecule has 0 aromatic heterocycles. The highest BCUT2D eigenvalue weighted by Gasteiger charge is 1.96. The molecule has 58 valence electrons. The first kappa shape index (κ1) is 9.44. The van der Waals surface area contributed by atoms with Crippen molar-refractivity contribution in [3.63, 3.8) is 0 Å². The third kappa shape index (κ3) is 5.57. The van der Waals surface area contributed by atoms with Crippen LogP contribution in [0.2, 0.25) is 0 Å². The summed E-state index contributed by atoms with van der Waals surface area (Å²) in [5, 5.41) is 17.2. The van der Waals surface area contributed by atoms with Crippen LogP contribution < -0.4 is 0 Å². The van der Waals surface area contributed by atoms with E-state index in [1.54, 1.807) is 6.92 Å². The predicted octanol–water partition coefficient (Wildman–Crippen LogP) is -0.621. The highest BCUT2D eigenvalue weighted by Crippen LogP contribution is 1.81. The second-order valence-corrected chi connectivity index (χ2v) is 1.71. The van der Waals surface area contributed by atoms with E-state index in [-0.39, 0.29) is 19.8 Å². The standard InChI is InChI=1S/C7H12O3/c1-2-3-7(9)6-10-5-4-8/h7-9H,4-6H2,1H3. The minimum absolute atomic E-state index is 0.0216. The molecular weight excluding hydrogens is 132 g/mol. The molecule has 0 fully saturated rings. The Morgan fingerprint density at radius 2 is 2.30 bits per heavy atom.